The summed E-state index contributed by atoms with van der Waals surface area (Å²) in [4.78, 5) is 14.3. The van der Waals surface area contributed by atoms with Crippen LogP contribution in [0, 0.1) is 5.92 Å². The molecule has 19 heavy (non-hydrogen) atoms. The smallest absolute Gasteiger partial charge is 0.240 e. The van der Waals surface area contributed by atoms with Crippen LogP contribution in [-0.2, 0) is 4.79 Å². The summed E-state index contributed by atoms with van der Waals surface area (Å²) in [6.07, 6.45) is 9.72. The highest BCUT2D eigenvalue weighted by molar-refractivity contribution is 5.85. The monoisotopic (exact) mass is 284 g/mol. The molecule has 2 fully saturated rings. The molecular formula is C15H25ClN2O. The predicted molar refractivity (Wildman–Crippen MR) is 81.5 cm³/mol. The first-order valence-electron chi connectivity index (χ1n) is 7.03. The number of fused-ring (bicyclic) bond motifs is 1. The second kappa shape index (κ2) is 7.71. The van der Waals surface area contributed by atoms with E-state index in [9.17, 15) is 4.79 Å². The summed E-state index contributed by atoms with van der Waals surface area (Å²) in [5, 5.41) is 3.53. The molecule has 0 aromatic rings. The molecule has 1 aliphatic heterocycles. The van der Waals surface area contributed by atoms with E-state index in [2.05, 4.69) is 18.5 Å². The van der Waals surface area contributed by atoms with Gasteiger partial charge in [0, 0.05) is 19.1 Å². The van der Waals surface area contributed by atoms with Gasteiger partial charge in [-0.25, -0.2) is 0 Å². The number of rotatable bonds is 5. The Morgan fingerprint density at radius 1 is 1.21 bits per heavy atom. The van der Waals surface area contributed by atoms with Gasteiger partial charge in [-0.1, -0.05) is 25.0 Å². The van der Waals surface area contributed by atoms with Gasteiger partial charge in [-0.15, -0.1) is 25.6 Å². The number of hydrogen-bond acceptors (Lipinski definition) is 2. The molecule has 4 heteroatoms. The van der Waals surface area contributed by atoms with Gasteiger partial charge in [-0.05, 0) is 25.2 Å². The van der Waals surface area contributed by atoms with Crippen LogP contribution in [0.2, 0.25) is 0 Å². The molecule has 1 aliphatic carbocycles. The molecule has 1 amide bonds. The summed E-state index contributed by atoms with van der Waals surface area (Å²) in [5.74, 6) is 0.922. The van der Waals surface area contributed by atoms with E-state index in [0.717, 1.165) is 6.42 Å². The number of carbonyl (C=O) groups is 1. The summed E-state index contributed by atoms with van der Waals surface area (Å²) >= 11 is 0. The van der Waals surface area contributed by atoms with Gasteiger partial charge in [0.15, 0.2) is 0 Å². The van der Waals surface area contributed by atoms with Gasteiger partial charge in [-0.2, -0.15) is 0 Å². The maximum atomic E-state index is 12.4. The SMILES string of the molecule is C=CCN(CC=C)C(=O)C1CC2CCCCC2N1.Cl. The molecule has 2 aliphatic rings. The zero-order chi connectivity index (χ0) is 13.0. The second-order valence-electron chi connectivity index (χ2n) is 5.43. The van der Waals surface area contributed by atoms with E-state index in [1.165, 1.54) is 25.7 Å². The van der Waals surface area contributed by atoms with Crippen molar-refractivity contribution in [3.8, 4) is 0 Å². The van der Waals surface area contributed by atoms with E-state index in [1.54, 1.807) is 12.2 Å². The van der Waals surface area contributed by atoms with Crippen molar-refractivity contribution in [3.05, 3.63) is 25.3 Å². The number of nitrogens with zero attached hydrogens (tertiary/aromatic N) is 1. The first-order chi connectivity index (χ1) is 8.76. The summed E-state index contributed by atoms with van der Waals surface area (Å²) < 4.78 is 0. The largest absolute Gasteiger partial charge is 0.334 e. The number of halogens is 1. The molecule has 1 heterocycles. The fourth-order valence-electron chi connectivity index (χ4n) is 3.30. The van der Waals surface area contributed by atoms with Gasteiger partial charge in [-0.3, -0.25) is 4.79 Å². The molecule has 3 unspecified atom stereocenters. The molecule has 0 bridgehead atoms. The average molecular weight is 285 g/mol. The van der Waals surface area contributed by atoms with Crippen molar-refractivity contribution >= 4 is 18.3 Å². The number of hydrogen-bond donors (Lipinski definition) is 1. The minimum absolute atomic E-state index is 0. The lowest BCUT2D eigenvalue weighted by atomic mass is 9.85. The van der Waals surface area contributed by atoms with E-state index < -0.39 is 0 Å². The van der Waals surface area contributed by atoms with Crippen molar-refractivity contribution in [1.29, 1.82) is 0 Å². The highest BCUT2D eigenvalue weighted by atomic mass is 35.5. The van der Waals surface area contributed by atoms with Crippen LogP contribution in [-0.4, -0.2) is 36.0 Å². The van der Waals surface area contributed by atoms with Gasteiger partial charge in [0.2, 0.25) is 5.91 Å². The highest BCUT2D eigenvalue weighted by Gasteiger charge is 2.39. The third-order valence-corrected chi connectivity index (χ3v) is 4.17. The molecule has 0 aromatic heterocycles. The molecular weight excluding hydrogens is 260 g/mol. The molecule has 3 atom stereocenters. The first-order valence-corrected chi connectivity index (χ1v) is 7.03. The van der Waals surface area contributed by atoms with Crippen molar-refractivity contribution in [2.24, 2.45) is 5.92 Å². The maximum absolute atomic E-state index is 12.4. The second-order valence-corrected chi connectivity index (χ2v) is 5.43. The summed E-state index contributed by atoms with van der Waals surface area (Å²) in [6, 6.07) is 0.583. The summed E-state index contributed by atoms with van der Waals surface area (Å²) in [6.45, 7) is 8.65. The summed E-state index contributed by atoms with van der Waals surface area (Å²) in [7, 11) is 0. The van der Waals surface area contributed by atoms with Crippen molar-refractivity contribution in [2.45, 2.75) is 44.2 Å². The van der Waals surface area contributed by atoms with Crippen molar-refractivity contribution < 1.29 is 4.79 Å². The van der Waals surface area contributed by atoms with Gasteiger partial charge < -0.3 is 10.2 Å². The van der Waals surface area contributed by atoms with E-state index in [1.807, 2.05) is 4.90 Å². The fourth-order valence-corrected chi connectivity index (χ4v) is 3.30. The molecule has 1 saturated carbocycles. The van der Waals surface area contributed by atoms with Crippen molar-refractivity contribution in [2.75, 3.05) is 13.1 Å². The Kier molecular flexibility index (Phi) is 6.59. The lowest BCUT2D eigenvalue weighted by molar-refractivity contribution is -0.132. The van der Waals surface area contributed by atoms with Crippen LogP contribution in [0.3, 0.4) is 0 Å². The maximum Gasteiger partial charge on any atom is 0.240 e. The van der Waals surface area contributed by atoms with E-state index in [4.69, 9.17) is 0 Å². The van der Waals surface area contributed by atoms with Crippen molar-refractivity contribution in [1.82, 2.24) is 10.2 Å². The Balaban J connectivity index is 0.00000180. The first kappa shape index (κ1) is 16.3. The lowest BCUT2D eigenvalue weighted by Gasteiger charge is -2.24. The van der Waals surface area contributed by atoms with Crippen LogP contribution < -0.4 is 5.32 Å². The Labute approximate surface area is 122 Å². The summed E-state index contributed by atoms with van der Waals surface area (Å²) in [5.41, 5.74) is 0. The zero-order valence-electron chi connectivity index (χ0n) is 11.5. The Morgan fingerprint density at radius 2 is 1.84 bits per heavy atom. The van der Waals surface area contributed by atoms with Gasteiger partial charge in [0.1, 0.15) is 0 Å². The third kappa shape index (κ3) is 3.83. The molecule has 0 spiro atoms. The quantitative estimate of drug-likeness (QED) is 0.787. The van der Waals surface area contributed by atoms with E-state index in [-0.39, 0.29) is 24.4 Å². The molecule has 3 nitrogen and oxygen atoms in total. The van der Waals surface area contributed by atoms with Crippen LogP contribution in [0.15, 0.2) is 25.3 Å². The van der Waals surface area contributed by atoms with Crippen LogP contribution in [0.1, 0.15) is 32.1 Å². The van der Waals surface area contributed by atoms with Gasteiger partial charge in [0.05, 0.1) is 6.04 Å². The Hall–Kier alpha value is -0.800. The Bertz CT molecular complexity index is 308. The molecule has 0 aromatic carbocycles. The lowest BCUT2D eigenvalue weighted by Crippen LogP contribution is -2.45. The molecule has 2 rings (SSSR count). The number of nitrogens with one attached hydrogen (secondary N) is 1. The molecule has 108 valence electrons. The predicted octanol–water partition coefficient (Wildman–Crippen LogP) is 2.53. The van der Waals surface area contributed by atoms with Crippen LogP contribution >= 0.6 is 12.4 Å². The van der Waals surface area contributed by atoms with E-state index >= 15 is 0 Å². The topological polar surface area (TPSA) is 32.3 Å². The molecule has 1 saturated heterocycles. The van der Waals surface area contributed by atoms with Crippen molar-refractivity contribution in [3.63, 3.8) is 0 Å². The van der Waals surface area contributed by atoms with E-state index in [0.29, 0.717) is 25.0 Å². The average Bonchev–Trinajstić information content (AvgIpc) is 2.81. The van der Waals surface area contributed by atoms with Crippen LogP contribution in [0.4, 0.5) is 0 Å². The van der Waals surface area contributed by atoms with Gasteiger partial charge >= 0.3 is 0 Å². The van der Waals surface area contributed by atoms with Crippen LogP contribution in [0.5, 0.6) is 0 Å². The zero-order valence-corrected chi connectivity index (χ0v) is 12.3. The standard InChI is InChI=1S/C15H24N2O.ClH/c1-3-9-17(10-4-2)15(18)14-11-12-7-5-6-8-13(12)16-14;/h3-4,12-14,16H,1-2,5-11H2;1H. The molecule has 1 N–H and O–H groups in total. The minimum Gasteiger partial charge on any atom is -0.334 e. The third-order valence-electron chi connectivity index (χ3n) is 4.17. The molecule has 0 radical (unpaired) electrons. The number of carbonyl (C=O) groups excluding carboxylic acids is 1. The highest BCUT2D eigenvalue weighted by Crippen LogP contribution is 2.33. The Morgan fingerprint density at radius 3 is 2.42 bits per heavy atom. The normalized spacial score (nSPS) is 28.9. The fraction of sp³-hybridized carbons (Fsp3) is 0.667. The van der Waals surface area contributed by atoms with Crippen LogP contribution in [0.25, 0.3) is 0 Å². The van der Waals surface area contributed by atoms with Gasteiger partial charge in [0.25, 0.3) is 0 Å². The minimum atomic E-state index is 0. The number of amides is 1.